The summed E-state index contributed by atoms with van der Waals surface area (Å²) < 4.78 is 5.29. The van der Waals surface area contributed by atoms with E-state index in [0.29, 0.717) is 68.7 Å². The summed E-state index contributed by atoms with van der Waals surface area (Å²) in [6.45, 7) is 3.73. The minimum atomic E-state index is -0.260. The van der Waals surface area contributed by atoms with E-state index in [-0.39, 0.29) is 29.7 Å². The van der Waals surface area contributed by atoms with E-state index in [1.807, 2.05) is 17.1 Å². The smallest absolute Gasteiger partial charge is 0.272 e. The molecule has 1 aromatic carbocycles. The molecule has 2 aromatic rings. The van der Waals surface area contributed by atoms with Crippen molar-refractivity contribution in [1.29, 1.82) is 0 Å². The number of benzene rings is 1. The van der Waals surface area contributed by atoms with Gasteiger partial charge in [0.05, 0.1) is 30.7 Å². The van der Waals surface area contributed by atoms with Crippen LogP contribution in [-0.2, 0) is 20.7 Å². The van der Waals surface area contributed by atoms with Crippen molar-refractivity contribution in [3.05, 3.63) is 40.3 Å². The van der Waals surface area contributed by atoms with E-state index in [1.54, 1.807) is 17.0 Å². The van der Waals surface area contributed by atoms with Crippen molar-refractivity contribution in [3.8, 4) is 0 Å². The lowest BCUT2D eigenvalue weighted by Crippen LogP contribution is -2.52. The number of ether oxygens (including phenoxy) is 1. The molecule has 2 amide bonds. The molecule has 2 aliphatic rings. The molecule has 2 N–H and O–H groups in total. The van der Waals surface area contributed by atoms with Gasteiger partial charge in [-0.25, -0.2) is 10.1 Å². The van der Waals surface area contributed by atoms with Gasteiger partial charge in [0.2, 0.25) is 11.8 Å². The van der Waals surface area contributed by atoms with Crippen molar-refractivity contribution in [3.63, 3.8) is 0 Å². The van der Waals surface area contributed by atoms with Crippen LogP contribution in [0, 0.1) is 5.92 Å². The molecule has 0 spiro atoms. The van der Waals surface area contributed by atoms with Crippen LogP contribution in [0.2, 0.25) is 0 Å². The van der Waals surface area contributed by atoms with Gasteiger partial charge in [0.15, 0.2) is 0 Å². The normalized spacial score (nSPS) is 18.7. The number of hydrazine groups is 1. The lowest BCUT2D eigenvalue weighted by molar-refractivity contribution is -0.138. The zero-order chi connectivity index (χ0) is 20.2. The number of aromatic nitrogens is 2. The SMILES string of the molecule is O=C(NN1CCOCC1)C1CCN(C(=O)Cc2n[nH]c(=O)c3ccccc23)CC1. The molecule has 2 fully saturated rings. The Hall–Kier alpha value is -2.78. The number of hydrogen-bond acceptors (Lipinski definition) is 6. The molecule has 3 heterocycles. The molecular formula is C20H25N5O4. The van der Waals surface area contributed by atoms with Gasteiger partial charge in [-0.05, 0) is 18.9 Å². The van der Waals surface area contributed by atoms with Gasteiger partial charge in [-0.1, -0.05) is 18.2 Å². The molecule has 0 atom stereocenters. The first-order valence-corrected chi connectivity index (χ1v) is 9.99. The molecule has 0 unspecified atom stereocenters. The highest BCUT2D eigenvalue weighted by molar-refractivity contribution is 5.88. The standard InChI is InChI=1S/C20H25N5O4/c26-18(13-17-15-3-1-2-4-16(15)20(28)22-21-17)24-7-5-14(6-8-24)19(27)23-25-9-11-29-12-10-25/h1-4,14H,5-13H2,(H,22,28)(H,23,27). The molecule has 1 aromatic heterocycles. The summed E-state index contributed by atoms with van der Waals surface area (Å²) in [5.74, 6) is -0.108. The average Bonchev–Trinajstić information content (AvgIpc) is 2.76. The number of aromatic amines is 1. The highest BCUT2D eigenvalue weighted by atomic mass is 16.5. The summed E-state index contributed by atoms with van der Waals surface area (Å²) >= 11 is 0. The summed E-state index contributed by atoms with van der Waals surface area (Å²) in [7, 11) is 0. The number of amides is 2. The van der Waals surface area contributed by atoms with E-state index < -0.39 is 0 Å². The van der Waals surface area contributed by atoms with Gasteiger partial charge in [-0.3, -0.25) is 19.8 Å². The monoisotopic (exact) mass is 399 g/mol. The summed E-state index contributed by atoms with van der Waals surface area (Å²) in [5.41, 5.74) is 3.27. The second-order valence-corrected chi connectivity index (χ2v) is 7.45. The Morgan fingerprint density at radius 1 is 1.10 bits per heavy atom. The highest BCUT2D eigenvalue weighted by Crippen LogP contribution is 2.20. The molecule has 29 heavy (non-hydrogen) atoms. The van der Waals surface area contributed by atoms with Crippen LogP contribution in [0.15, 0.2) is 29.1 Å². The maximum atomic E-state index is 12.8. The van der Waals surface area contributed by atoms with Gasteiger partial charge in [-0.2, -0.15) is 5.10 Å². The maximum absolute atomic E-state index is 12.8. The average molecular weight is 399 g/mol. The van der Waals surface area contributed by atoms with Crippen molar-refractivity contribution < 1.29 is 14.3 Å². The lowest BCUT2D eigenvalue weighted by Gasteiger charge is -2.33. The number of nitrogens with one attached hydrogen (secondary N) is 2. The number of morpholine rings is 1. The van der Waals surface area contributed by atoms with Crippen molar-refractivity contribution in [2.75, 3.05) is 39.4 Å². The molecular weight excluding hydrogens is 374 g/mol. The second kappa shape index (κ2) is 8.71. The van der Waals surface area contributed by atoms with Crippen LogP contribution in [0.5, 0.6) is 0 Å². The van der Waals surface area contributed by atoms with Crippen molar-refractivity contribution in [1.82, 2.24) is 25.5 Å². The van der Waals surface area contributed by atoms with Crippen molar-refractivity contribution in [2.24, 2.45) is 5.92 Å². The first-order valence-electron chi connectivity index (χ1n) is 9.99. The number of likely N-dealkylation sites (tertiary alicyclic amines) is 1. The van der Waals surface area contributed by atoms with Crippen molar-refractivity contribution >= 4 is 22.6 Å². The summed E-state index contributed by atoms with van der Waals surface area (Å²) in [6.07, 6.45) is 1.41. The van der Waals surface area contributed by atoms with Crippen LogP contribution in [0.1, 0.15) is 18.5 Å². The fraction of sp³-hybridized carbons (Fsp3) is 0.500. The van der Waals surface area contributed by atoms with E-state index in [0.717, 1.165) is 0 Å². The predicted molar refractivity (Wildman–Crippen MR) is 106 cm³/mol. The van der Waals surface area contributed by atoms with E-state index in [4.69, 9.17) is 4.74 Å². The van der Waals surface area contributed by atoms with E-state index in [2.05, 4.69) is 15.6 Å². The molecule has 9 heteroatoms. The van der Waals surface area contributed by atoms with Crippen LogP contribution in [0.4, 0.5) is 0 Å². The van der Waals surface area contributed by atoms with Crippen LogP contribution in [-0.4, -0.2) is 71.3 Å². The lowest BCUT2D eigenvalue weighted by atomic mass is 9.95. The molecule has 9 nitrogen and oxygen atoms in total. The van der Waals surface area contributed by atoms with E-state index >= 15 is 0 Å². The summed E-state index contributed by atoms with van der Waals surface area (Å²) in [6, 6.07) is 7.15. The first-order chi connectivity index (χ1) is 14.1. The Kier molecular flexibility index (Phi) is 5.86. The van der Waals surface area contributed by atoms with Crippen LogP contribution in [0.25, 0.3) is 10.8 Å². The number of carbonyl (C=O) groups excluding carboxylic acids is 2. The van der Waals surface area contributed by atoms with Crippen LogP contribution < -0.4 is 11.0 Å². The number of fused-ring (bicyclic) bond motifs is 1. The number of nitrogens with zero attached hydrogens (tertiary/aromatic N) is 3. The fourth-order valence-corrected chi connectivity index (χ4v) is 3.87. The van der Waals surface area contributed by atoms with Crippen LogP contribution in [0.3, 0.4) is 0 Å². The number of carbonyl (C=O) groups is 2. The predicted octanol–water partition coefficient (Wildman–Crippen LogP) is 0.0676. The molecule has 4 rings (SSSR count). The number of piperidine rings is 1. The number of hydrogen-bond donors (Lipinski definition) is 2. The van der Waals surface area contributed by atoms with Crippen molar-refractivity contribution in [2.45, 2.75) is 19.3 Å². The van der Waals surface area contributed by atoms with E-state index in [1.165, 1.54) is 0 Å². The second-order valence-electron chi connectivity index (χ2n) is 7.45. The third-order valence-corrected chi connectivity index (χ3v) is 5.59. The Bertz CT molecular complexity index is 945. The molecule has 0 saturated carbocycles. The van der Waals surface area contributed by atoms with Gasteiger partial charge in [0, 0.05) is 37.5 Å². The first kappa shape index (κ1) is 19.5. The third kappa shape index (κ3) is 4.46. The van der Waals surface area contributed by atoms with Gasteiger partial charge in [0.1, 0.15) is 0 Å². The minimum Gasteiger partial charge on any atom is -0.379 e. The zero-order valence-electron chi connectivity index (χ0n) is 16.2. The molecule has 2 aliphatic heterocycles. The fourth-order valence-electron chi connectivity index (χ4n) is 3.87. The Balaban J connectivity index is 1.33. The Morgan fingerprint density at radius 2 is 1.79 bits per heavy atom. The topological polar surface area (TPSA) is 108 Å². The highest BCUT2D eigenvalue weighted by Gasteiger charge is 2.29. The van der Waals surface area contributed by atoms with Gasteiger partial charge < -0.3 is 9.64 Å². The van der Waals surface area contributed by atoms with E-state index in [9.17, 15) is 14.4 Å². The molecule has 0 bridgehead atoms. The number of rotatable bonds is 4. The Labute approximate surface area is 168 Å². The molecule has 0 radical (unpaired) electrons. The van der Waals surface area contributed by atoms with Gasteiger partial charge >= 0.3 is 0 Å². The largest absolute Gasteiger partial charge is 0.379 e. The Morgan fingerprint density at radius 3 is 2.52 bits per heavy atom. The van der Waals surface area contributed by atoms with Gasteiger partial charge in [-0.15, -0.1) is 0 Å². The molecule has 154 valence electrons. The summed E-state index contributed by atoms with van der Waals surface area (Å²) in [5, 5.41) is 9.68. The number of H-pyrrole nitrogens is 1. The maximum Gasteiger partial charge on any atom is 0.272 e. The minimum absolute atomic E-state index is 0.0206. The quantitative estimate of drug-likeness (QED) is 0.753. The van der Waals surface area contributed by atoms with Crippen LogP contribution >= 0.6 is 0 Å². The third-order valence-electron chi connectivity index (χ3n) is 5.59. The van der Waals surface area contributed by atoms with Gasteiger partial charge in [0.25, 0.3) is 5.56 Å². The summed E-state index contributed by atoms with van der Waals surface area (Å²) in [4.78, 5) is 38.9. The molecule has 2 saturated heterocycles. The zero-order valence-corrected chi connectivity index (χ0v) is 16.2. The molecule has 0 aliphatic carbocycles.